The van der Waals surface area contributed by atoms with Crippen LogP contribution in [0, 0.1) is 0 Å². The zero-order valence-corrected chi connectivity index (χ0v) is 13.7. The van der Waals surface area contributed by atoms with E-state index in [1.807, 2.05) is 31.2 Å². The largest absolute Gasteiger partial charge is 0.334 e. The summed E-state index contributed by atoms with van der Waals surface area (Å²) < 4.78 is 0. The van der Waals surface area contributed by atoms with Gasteiger partial charge in [-0.2, -0.15) is 0 Å². The minimum atomic E-state index is -0.0880. The zero-order chi connectivity index (χ0) is 15.6. The first kappa shape index (κ1) is 15.7. The molecule has 0 unspecified atom stereocenters. The molecule has 0 radical (unpaired) electrons. The van der Waals surface area contributed by atoms with Crippen LogP contribution in [0.4, 0.5) is 0 Å². The summed E-state index contributed by atoms with van der Waals surface area (Å²) in [6, 6.07) is 10.8. The number of Topliss-reactive ketones (excluding diaryl/α,β-unsaturated/α-hetero) is 1. The molecule has 0 N–H and O–H groups in total. The smallest absolute Gasteiger partial charge is 0.264 e. The summed E-state index contributed by atoms with van der Waals surface area (Å²) in [5.41, 5.74) is 1.01. The Morgan fingerprint density at radius 3 is 2.19 bits per heavy atom. The molecule has 1 aromatic heterocycles. The molecule has 0 bridgehead atoms. The van der Waals surface area contributed by atoms with E-state index in [2.05, 4.69) is 0 Å². The standard InChI is InChI=1S/C16H16ClNO2S/c1-10(12-4-6-13(17)7-5-12)18(3)16(20)15-9-8-14(21-15)11(2)19/h4-10H,1-3H3/t10-/m1/s1. The summed E-state index contributed by atoms with van der Waals surface area (Å²) in [4.78, 5) is 26.6. The van der Waals surface area contributed by atoms with Gasteiger partial charge in [0.05, 0.1) is 15.8 Å². The third-order valence-corrected chi connectivity index (χ3v) is 4.84. The molecule has 2 aromatic rings. The summed E-state index contributed by atoms with van der Waals surface area (Å²) in [7, 11) is 1.76. The number of rotatable bonds is 4. The van der Waals surface area contributed by atoms with Crippen molar-refractivity contribution in [2.75, 3.05) is 7.05 Å². The molecule has 3 nitrogen and oxygen atoms in total. The Bertz CT molecular complexity index is 663. The first-order valence-electron chi connectivity index (χ1n) is 6.53. The molecule has 1 aromatic carbocycles. The number of carbonyl (C=O) groups is 2. The molecule has 0 saturated carbocycles. The Morgan fingerprint density at radius 1 is 1.10 bits per heavy atom. The maximum absolute atomic E-state index is 12.5. The number of hydrogen-bond donors (Lipinski definition) is 0. The number of benzene rings is 1. The summed E-state index contributed by atoms with van der Waals surface area (Å²) in [6.07, 6.45) is 0. The van der Waals surface area contributed by atoms with Gasteiger partial charge in [0.15, 0.2) is 5.78 Å². The molecule has 0 aliphatic carbocycles. The highest BCUT2D eigenvalue weighted by Gasteiger charge is 2.20. The monoisotopic (exact) mass is 321 g/mol. The molecule has 0 spiro atoms. The second-order valence-electron chi connectivity index (χ2n) is 4.86. The summed E-state index contributed by atoms with van der Waals surface area (Å²) >= 11 is 7.11. The number of hydrogen-bond acceptors (Lipinski definition) is 3. The Hall–Kier alpha value is -1.65. The molecule has 0 aliphatic heterocycles. The fourth-order valence-corrected chi connectivity index (χ4v) is 2.97. The second-order valence-corrected chi connectivity index (χ2v) is 6.38. The van der Waals surface area contributed by atoms with Gasteiger partial charge in [-0.15, -0.1) is 11.3 Å². The highest BCUT2D eigenvalue weighted by molar-refractivity contribution is 7.15. The van der Waals surface area contributed by atoms with Crippen LogP contribution in [0.3, 0.4) is 0 Å². The lowest BCUT2D eigenvalue weighted by Gasteiger charge is -2.25. The number of carbonyl (C=O) groups excluding carboxylic acids is 2. The van der Waals surface area contributed by atoms with Gasteiger partial charge in [-0.25, -0.2) is 0 Å². The molecule has 0 aliphatic rings. The van der Waals surface area contributed by atoms with E-state index in [9.17, 15) is 9.59 Å². The molecular weight excluding hydrogens is 306 g/mol. The average Bonchev–Trinajstić information content (AvgIpc) is 2.96. The van der Waals surface area contributed by atoms with Crippen molar-refractivity contribution in [1.29, 1.82) is 0 Å². The molecule has 110 valence electrons. The van der Waals surface area contributed by atoms with Crippen LogP contribution >= 0.6 is 22.9 Å². The minimum absolute atomic E-state index is 0.0209. The van der Waals surface area contributed by atoms with Crippen LogP contribution in [0.15, 0.2) is 36.4 Å². The van der Waals surface area contributed by atoms with E-state index in [0.29, 0.717) is 14.8 Å². The van der Waals surface area contributed by atoms with Gasteiger partial charge < -0.3 is 4.90 Å². The quantitative estimate of drug-likeness (QED) is 0.781. The average molecular weight is 322 g/mol. The SMILES string of the molecule is CC(=O)c1ccc(C(=O)N(C)[C@H](C)c2ccc(Cl)cc2)s1. The summed E-state index contributed by atoms with van der Waals surface area (Å²) in [6.45, 7) is 3.46. The van der Waals surface area contributed by atoms with Crippen LogP contribution in [0.25, 0.3) is 0 Å². The Labute approximate surface area is 133 Å². The Morgan fingerprint density at radius 2 is 1.67 bits per heavy atom. The van der Waals surface area contributed by atoms with Crippen LogP contribution in [-0.2, 0) is 0 Å². The Kier molecular flexibility index (Phi) is 4.80. The maximum Gasteiger partial charge on any atom is 0.264 e. The van der Waals surface area contributed by atoms with E-state index in [1.165, 1.54) is 18.3 Å². The third-order valence-electron chi connectivity index (χ3n) is 3.42. The molecule has 5 heteroatoms. The van der Waals surface area contributed by atoms with Crippen molar-refractivity contribution in [3.05, 3.63) is 56.7 Å². The predicted molar refractivity (Wildman–Crippen MR) is 86.3 cm³/mol. The van der Waals surface area contributed by atoms with Gasteiger partial charge in [0.2, 0.25) is 0 Å². The number of thiophene rings is 1. The highest BCUT2D eigenvalue weighted by Crippen LogP contribution is 2.25. The number of amides is 1. The Balaban J connectivity index is 2.17. The predicted octanol–water partition coefficient (Wildman–Crippen LogP) is 4.44. The first-order chi connectivity index (χ1) is 9.90. The van der Waals surface area contributed by atoms with Gasteiger partial charge in [-0.1, -0.05) is 23.7 Å². The lowest BCUT2D eigenvalue weighted by Crippen LogP contribution is -2.29. The van der Waals surface area contributed by atoms with Gasteiger partial charge in [0.1, 0.15) is 0 Å². The fraction of sp³-hybridized carbons (Fsp3) is 0.250. The summed E-state index contributed by atoms with van der Waals surface area (Å²) in [5.74, 6) is -0.109. The van der Waals surface area contributed by atoms with Crippen LogP contribution in [-0.4, -0.2) is 23.6 Å². The van der Waals surface area contributed by atoms with E-state index in [0.717, 1.165) is 5.56 Å². The molecule has 2 rings (SSSR count). The van der Waals surface area contributed by atoms with Crippen molar-refractivity contribution in [1.82, 2.24) is 4.90 Å². The normalized spacial score (nSPS) is 12.0. The molecule has 0 fully saturated rings. The molecule has 1 heterocycles. The van der Waals surface area contributed by atoms with Gasteiger partial charge in [0, 0.05) is 12.1 Å². The van der Waals surface area contributed by atoms with Gasteiger partial charge >= 0.3 is 0 Å². The van der Waals surface area contributed by atoms with Crippen molar-refractivity contribution in [3.8, 4) is 0 Å². The fourth-order valence-electron chi connectivity index (χ4n) is 1.96. The molecular formula is C16H16ClNO2S. The highest BCUT2D eigenvalue weighted by atomic mass is 35.5. The van der Waals surface area contributed by atoms with Crippen molar-refractivity contribution in [3.63, 3.8) is 0 Å². The number of nitrogens with zero attached hydrogens (tertiary/aromatic N) is 1. The zero-order valence-electron chi connectivity index (χ0n) is 12.1. The lowest BCUT2D eigenvalue weighted by molar-refractivity contribution is 0.0747. The first-order valence-corrected chi connectivity index (χ1v) is 7.73. The van der Waals surface area contributed by atoms with E-state index in [-0.39, 0.29) is 17.7 Å². The van der Waals surface area contributed by atoms with Crippen molar-refractivity contribution in [2.24, 2.45) is 0 Å². The van der Waals surface area contributed by atoms with Crippen molar-refractivity contribution < 1.29 is 9.59 Å². The van der Waals surface area contributed by atoms with E-state index >= 15 is 0 Å². The lowest BCUT2D eigenvalue weighted by atomic mass is 10.1. The molecule has 1 atom stereocenters. The van der Waals surface area contributed by atoms with Gasteiger partial charge in [-0.05, 0) is 43.7 Å². The van der Waals surface area contributed by atoms with E-state index in [4.69, 9.17) is 11.6 Å². The van der Waals surface area contributed by atoms with Crippen LogP contribution in [0.5, 0.6) is 0 Å². The van der Waals surface area contributed by atoms with Crippen LogP contribution in [0.2, 0.25) is 5.02 Å². The second kappa shape index (κ2) is 6.41. The summed E-state index contributed by atoms with van der Waals surface area (Å²) in [5, 5.41) is 0.671. The minimum Gasteiger partial charge on any atom is -0.334 e. The van der Waals surface area contributed by atoms with Crippen molar-refractivity contribution >= 4 is 34.6 Å². The third kappa shape index (κ3) is 3.52. The van der Waals surface area contributed by atoms with Gasteiger partial charge in [0.25, 0.3) is 5.91 Å². The topological polar surface area (TPSA) is 37.4 Å². The van der Waals surface area contributed by atoms with Crippen LogP contribution in [0.1, 0.15) is 44.8 Å². The van der Waals surface area contributed by atoms with Crippen molar-refractivity contribution in [2.45, 2.75) is 19.9 Å². The number of ketones is 1. The molecule has 0 saturated heterocycles. The van der Waals surface area contributed by atoms with E-state index < -0.39 is 0 Å². The maximum atomic E-state index is 12.5. The van der Waals surface area contributed by atoms with Gasteiger partial charge in [-0.3, -0.25) is 9.59 Å². The number of halogens is 1. The molecule has 21 heavy (non-hydrogen) atoms. The molecule has 1 amide bonds. The van der Waals surface area contributed by atoms with Crippen LogP contribution < -0.4 is 0 Å². The van der Waals surface area contributed by atoms with E-state index in [1.54, 1.807) is 24.1 Å².